The monoisotopic (exact) mass is 399 g/mol. The lowest BCUT2D eigenvalue weighted by molar-refractivity contribution is -0.115. The van der Waals surface area contributed by atoms with Crippen molar-refractivity contribution in [3.63, 3.8) is 0 Å². The fourth-order valence-electron chi connectivity index (χ4n) is 2.68. The summed E-state index contributed by atoms with van der Waals surface area (Å²) in [7, 11) is 0. The minimum atomic E-state index is -0.525. The van der Waals surface area contributed by atoms with Gasteiger partial charge in [0.05, 0.1) is 12.2 Å². The molecule has 0 bridgehead atoms. The van der Waals surface area contributed by atoms with E-state index in [2.05, 4.69) is 21.9 Å². The van der Waals surface area contributed by atoms with Crippen molar-refractivity contribution in [3.05, 3.63) is 83.9 Å². The first kappa shape index (κ1) is 20.5. The Morgan fingerprint density at radius 1 is 0.967 bits per heavy atom. The van der Waals surface area contributed by atoms with Crippen molar-refractivity contribution in [1.82, 2.24) is 5.32 Å². The van der Waals surface area contributed by atoms with Crippen LogP contribution >= 0.6 is 0 Å². The second kappa shape index (κ2) is 9.80. The van der Waals surface area contributed by atoms with Gasteiger partial charge in [-0.15, -0.1) is 6.42 Å². The van der Waals surface area contributed by atoms with Gasteiger partial charge in [-0.05, 0) is 55.0 Å². The molecule has 0 aliphatic carbocycles. The summed E-state index contributed by atoms with van der Waals surface area (Å²) >= 11 is 0. The number of nitrogens with one attached hydrogen (secondary N) is 3. The molecule has 0 aliphatic rings. The van der Waals surface area contributed by atoms with Crippen molar-refractivity contribution in [1.29, 1.82) is 0 Å². The molecule has 0 saturated heterocycles. The molecular formula is C24H21N3O3. The van der Waals surface area contributed by atoms with E-state index in [0.717, 1.165) is 5.56 Å². The average Bonchev–Trinajstić information content (AvgIpc) is 2.74. The van der Waals surface area contributed by atoms with Gasteiger partial charge < -0.3 is 20.7 Å². The Labute approximate surface area is 175 Å². The number of para-hydroxylation sites is 2. The average molecular weight is 399 g/mol. The Morgan fingerprint density at radius 3 is 2.57 bits per heavy atom. The Kier molecular flexibility index (Phi) is 6.70. The highest BCUT2D eigenvalue weighted by Gasteiger charge is 2.10. The van der Waals surface area contributed by atoms with Gasteiger partial charge >= 0.3 is 6.03 Å². The molecule has 6 heteroatoms. The van der Waals surface area contributed by atoms with E-state index in [1.54, 1.807) is 42.5 Å². The molecule has 3 rings (SSSR count). The highest BCUT2D eigenvalue weighted by Crippen LogP contribution is 2.29. The van der Waals surface area contributed by atoms with Gasteiger partial charge in [0.25, 0.3) is 0 Å². The maximum absolute atomic E-state index is 12.2. The largest absolute Gasteiger partial charge is 0.455 e. The molecule has 0 unspecified atom stereocenters. The fourth-order valence-corrected chi connectivity index (χ4v) is 2.68. The van der Waals surface area contributed by atoms with Crippen LogP contribution in [0.2, 0.25) is 0 Å². The molecule has 0 fully saturated rings. The maximum atomic E-state index is 12.2. The Balaban J connectivity index is 1.56. The first-order chi connectivity index (χ1) is 14.5. The van der Waals surface area contributed by atoms with E-state index >= 15 is 0 Å². The topological polar surface area (TPSA) is 79.5 Å². The summed E-state index contributed by atoms with van der Waals surface area (Å²) in [5.41, 5.74) is 2.77. The second-order valence-electron chi connectivity index (χ2n) is 6.50. The molecular weight excluding hydrogens is 378 g/mol. The van der Waals surface area contributed by atoms with E-state index in [1.165, 1.54) is 0 Å². The third-order valence-corrected chi connectivity index (χ3v) is 4.08. The number of hydrogen-bond donors (Lipinski definition) is 3. The number of rotatable bonds is 6. The van der Waals surface area contributed by atoms with E-state index in [0.29, 0.717) is 28.4 Å². The van der Waals surface area contributed by atoms with Crippen molar-refractivity contribution in [3.8, 4) is 23.8 Å². The summed E-state index contributed by atoms with van der Waals surface area (Å²) in [6.07, 6.45) is 5.35. The summed E-state index contributed by atoms with van der Waals surface area (Å²) in [5.74, 6) is 3.29. The van der Waals surface area contributed by atoms with E-state index in [1.807, 2.05) is 37.3 Å². The van der Waals surface area contributed by atoms with Crippen LogP contribution in [0.5, 0.6) is 11.5 Å². The quantitative estimate of drug-likeness (QED) is 0.533. The lowest BCUT2D eigenvalue weighted by Gasteiger charge is -2.13. The van der Waals surface area contributed by atoms with Gasteiger partial charge in [-0.1, -0.05) is 36.3 Å². The molecule has 3 aromatic rings. The number of benzene rings is 3. The molecule has 0 aliphatic heterocycles. The van der Waals surface area contributed by atoms with E-state index in [4.69, 9.17) is 11.2 Å². The lowest BCUT2D eigenvalue weighted by Crippen LogP contribution is -2.35. The number of aryl methyl sites for hydroxylation is 1. The van der Waals surface area contributed by atoms with Gasteiger partial charge in [0.1, 0.15) is 5.75 Å². The number of amides is 3. The van der Waals surface area contributed by atoms with Gasteiger partial charge in [-0.3, -0.25) is 4.79 Å². The molecule has 150 valence electrons. The number of ether oxygens (including phenoxy) is 1. The molecule has 6 nitrogen and oxygen atoms in total. The molecule has 3 aromatic carbocycles. The van der Waals surface area contributed by atoms with Crippen LogP contribution in [0.25, 0.3) is 0 Å². The Hall–Kier alpha value is -4.24. The summed E-state index contributed by atoms with van der Waals surface area (Å²) in [4.78, 5) is 24.3. The SMILES string of the molecule is C#Cc1cccc(NC(=O)CNC(=O)Nc2ccccc2Oc2cccc(C)c2)c1. The predicted octanol–water partition coefficient (Wildman–Crippen LogP) is 4.53. The van der Waals surface area contributed by atoms with Gasteiger partial charge in [-0.25, -0.2) is 4.79 Å². The molecule has 0 aromatic heterocycles. The molecule has 0 radical (unpaired) electrons. The van der Waals surface area contributed by atoms with Crippen molar-refractivity contribution in [2.75, 3.05) is 17.2 Å². The van der Waals surface area contributed by atoms with E-state index in [9.17, 15) is 9.59 Å². The van der Waals surface area contributed by atoms with Crippen LogP contribution in [0, 0.1) is 19.3 Å². The molecule has 3 amide bonds. The van der Waals surface area contributed by atoms with Gasteiger partial charge in [0.2, 0.25) is 5.91 Å². The molecule has 0 atom stereocenters. The number of anilines is 2. The lowest BCUT2D eigenvalue weighted by atomic mass is 10.2. The number of carbonyl (C=O) groups excluding carboxylic acids is 2. The molecule has 0 saturated carbocycles. The molecule has 0 spiro atoms. The smallest absolute Gasteiger partial charge is 0.319 e. The van der Waals surface area contributed by atoms with Crippen LogP contribution < -0.4 is 20.7 Å². The third kappa shape index (κ3) is 5.88. The Bertz CT molecular complexity index is 1100. The van der Waals surface area contributed by atoms with E-state index in [-0.39, 0.29) is 12.5 Å². The van der Waals surface area contributed by atoms with Crippen LogP contribution in [-0.2, 0) is 4.79 Å². The Morgan fingerprint density at radius 2 is 1.77 bits per heavy atom. The van der Waals surface area contributed by atoms with E-state index < -0.39 is 6.03 Å². The third-order valence-electron chi connectivity index (χ3n) is 4.08. The molecule has 0 heterocycles. The summed E-state index contributed by atoms with van der Waals surface area (Å²) in [6, 6.07) is 21.0. The first-order valence-electron chi connectivity index (χ1n) is 9.28. The summed E-state index contributed by atoms with van der Waals surface area (Å²) in [5, 5.41) is 7.91. The van der Waals surface area contributed by atoms with Crippen LogP contribution in [-0.4, -0.2) is 18.5 Å². The zero-order chi connectivity index (χ0) is 21.3. The van der Waals surface area contributed by atoms with Crippen LogP contribution in [0.4, 0.5) is 16.2 Å². The van der Waals surface area contributed by atoms with Gasteiger partial charge in [0, 0.05) is 11.3 Å². The minimum absolute atomic E-state index is 0.201. The number of urea groups is 1. The normalized spacial score (nSPS) is 9.87. The predicted molar refractivity (Wildman–Crippen MR) is 118 cm³/mol. The zero-order valence-corrected chi connectivity index (χ0v) is 16.4. The van der Waals surface area contributed by atoms with Crippen LogP contribution in [0.15, 0.2) is 72.8 Å². The minimum Gasteiger partial charge on any atom is -0.455 e. The molecule has 3 N–H and O–H groups in total. The van der Waals surface area contributed by atoms with Crippen molar-refractivity contribution < 1.29 is 14.3 Å². The first-order valence-corrected chi connectivity index (χ1v) is 9.28. The van der Waals surface area contributed by atoms with Gasteiger partial charge in [0.15, 0.2) is 5.75 Å². The highest BCUT2D eigenvalue weighted by atomic mass is 16.5. The van der Waals surface area contributed by atoms with Crippen molar-refractivity contribution in [2.24, 2.45) is 0 Å². The van der Waals surface area contributed by atoms with Crippen molar-refractivity contribution in [2.45, 2.75) is 6.92 Å². The zero-order valence-electron chi connectivity index (χ0n) is 16.4. The molecule has 30 heavy (non-hydrogen) atoms. The standard InChI is InChI=1S/C24H21N3O3/c1-3-18-9-7-10-19(15-18)26-23(28)16-25-24(29)27-21-12-4-5-13-22(21)30-20-11-6-8-17(2)14-20/h1,4-15H,16H2,2H3,(H,26,28)(H2,25,27,29). The number of hydrogen-bond acceptors (Lipinski definition) is 3. The second-order valence-corrected chi connectivity index (χ2v) is 6.50. The number of carbonyl (C=O) groups is 2. The van der Waals surface area contributed by atoms with Crippen LogP contribution in [0.1, 0.15) is 11.1 Å². The fraction of sp³-hybridized carbons (Fsp3) is 0.0833. The highest BCUT2D eigenvalue weighted by molar-refractivity contribution is 5.97. The van der Waals surface area contributed by atoms with Crippen LogP contribution in [0.3, 0.4) is 0 Å². The van der Waals surface area contributed by atoms with Crippen molar-refractivity contribution >= 4 is 23.3 Å². The maximum Gasteiger partial charge on any atom is 0.319 e. The number of terminal acetylenes is 1. The summed E-state index contributed by atoms with van der Waals surface area (Å²) in [6.45, 7) is 1.77. The summed E-state index contributed by atoms with van der Waals surface area (Å²) < 4.78 is 5.88. The van der Waals surface area contributed by atoms with Gasteiger partial charge in [-0.2, -0.15) is 0 Å².